The predicted molar refractivity (Wildman–Crippen MR) is 117 cm³/mol. The molecule has 0 N–H and O–H groups in total. The molecule has 31 heavy (non-hydrogen) atoms. The number of likely N-dealkylation sites (tertiary alicyclic amines) is 2. The summed E-state index contributed by atoms with van der Waals surface area (Å²) >= 11 is 0. The molecule has 4 saturated heterocycles. The van der Waals surface area contributed by atoms with Gasteiger partial charge >= 0.3 is 6.03 Å². The molecule has 1 aromatic heterocycles. The molecular weight excluding hydrogens is 394 g/mol. The molecule has 0 aromatic carbocycles. The van der Waals surface area contributed by atoms with E-state index in [0.717, 1.165) is 57.7 Å². The smallest absolute Gasteiger partial charge is 0.320 e. The lowest BCUT2D eigenvalue weighted by molar-refractivity contribution is -0.148. The summed E-state index contributed by atoms with van der Waals surface area (Å²) in [6.07, 6.45) is 5.68. The van der Waals surface area contributed by atoms with Crippen LogP contribution in [-0.2, 0) is 9.53 Å². The fourth-order valence-corrected chi connectivity index (χ4v) is 5.86. The number of urea groups is 1. The zero-order valence-corrected chi connectivity index (χ0v) is 18.2. The Morgan fingerprint density at radius 1 is 0.935 bits per heavy atom. The summed E-state index contributed by atoms with van der Waals surface area (Å²) in [6.45, 7) is 7.08. The molecule has 2 atom stereocenters. The Morgan fingerprint density at radius 3 is 2.45 bits per heavy atom. The van der Waals surface area contributed by atoms with Gasteiger partial charge in [0.05, 0.1) is 18.6 Å². The lowest BCUT2D eigenvalue weighted by atomic mass is 9.73. The van der Waals surface area contributed by atoms with Crippen molar-refractivity contribution in [3.63, 3.8) is 0 Å². The molecule has 168 valence electrons. The van der Waals surface area contributed by atoms with Crippen molar-refractivity contribution >= 4 is 17.8 Å². The van der Waals surface area contributed by atoms with Crippen molar-refractivity contribution in [3.05, 3.63) is 24.4 Å². The first-order chi connectivity index (χ1) is 15.2. The first-order valence-corrected chi connectivity index (χ1v) is 11.7. The van der Waals surface area contributed by atoms with E-state index in [-0.39, 0.29) is 17.9 Å². The Balaban J connectivity index is 1.42. The van der Waals surface area contributed by atoms with Gasteiger partial charge in [-0.3, -0.25) is 4.79 Å². The van der Waals surface area contributed by atoms with E-state index >= 15 is 0 Å². The van der Waals surface area contributed by atoms with Gasteiger partial charge in [0.15, 0.2) is 0 Å². The van der Waals surface area contributed by atoms with Crippen LogP contribution in [0.5, 0.6) is 0 Å². The van der Waals surface area contributed by atoms with Crippen LogP contribution < -0.4 is 4.90 Å². The van der Waals surface area contributed by atoms with Crippen molar-refractivity contribution in [2.24, 2.45) is 11.3 Å². The highest BCUT2D eigenvalue weighted by atomic mass is 16.5. The van der Waals surface area contributed by atoms with Gasteiger partial charge in [-0.05, 0) is 37.8 Å². The molecule has 5 heterocycles. The molecule has 8 heteroatoms. The van der Waals surface area contributed by atoms with Gasteiger partial charge in [-0.2, -0.15) is 0 Å². The fraction of sp³-hybridized carbons (Fsp3) is 0.696. The Hall–Kier alpha value is -2.35. The second kappa shape index (κ2) is 8.65. The zero-order chi connectivity index (χ0) is 21.3. The second-order valence-electron chi connectivity index (χ2n) is 9.35. The normalized spacial score (nSPS) is 29.1. The monoisotopic (exact) mass is 427 g/mol. The predicted octanol–water partition coefficient (Wildman–Crippen LogP) is 1.67. The number of carbonyl (C=O) groups is 2. The zero-order valence-electron chi connectivity index (χ0n) is 18.2. The number of carbonyl (C=O) groups excluding carboxylic acids is 2. The van der Waals surface area contributed by atoms with Gasteiger partial charge in [-0.25, -0.2) is 9.78 Å². The topological polar surface area (TPSA) is 69.2 Å². The molecule has 4 aliphatic rings. The van der Waals surface area contributed by atoms with Crippen molar-refractivity contribution < 1.29 is 14.3 Å². The highest BCUT2D eigenvalue weighted by Gasteiger charge is 2.55. The molecule has 4 aliphatic heterocycles. The number of rotatable bonds is 2. The largest absolute Gasteiger partial charge is 0.378 e. The summed E-state index contributed by atoms with van der Waals surface area (Å²) in [5.41, 5.74) is -0.463. The number of hydrogen-bond donors (Lipinski definition) is 0. The minimum atomic E-state index is -0.463. The molecule has 0 aliphatic carbocycles. The van der Waals surface area contributed by atoms with Gasteiger partial charge in [0.2, 0.25) is 5.91 Å². The van der Waals surface area contributed by atoms with E-state index in [1.54, 1.807) is 0 Å². The molecule has 0 saturated carbocycles. The molecule has 0 spiro atoms. The quantitative estimate of drug-likeness (QED) is 0.718. The third kappa shape index (κ3) is 3.86. The first-order valence-electron chi connectivity index (χ1n) is 11.7. The van der Waals surface area contributed by atoms with Gasteiger partial charge < -0.3 is 24.3 Å². The van der Waals surface area contributed by atoms with E-state index in [1.165, 1.54) is 0 Å². The third-order valence-electron chi connectivity index (χ3n) is 7.53. The summed E-state index contributed by atoms with van der Waals surface area (Å²) in [5.74, 6) is 1.27. The number of morpholine rings is 1. The lowest BCUT2D eigenvalue weighted by Gasteiger charge is -2.39. The van der Waals surface area contributed by atoms with Crippen LogP contribution in [0.1, 0.15) is 25.7 Å². The van der Waals surface area contributed by atoms with Crippen LogP contribution in [0.2, 0.25) is 0 Å². The van der Waals surface area contributed by atoms with Crippen molar-refractivity contribution in [2.45, 2.75) is 25.7 Å². The molecule has 8 nitrogen and oxygen atoms in total. The van der Waals surface area contributed by atoms with Crippen LogP contribution in [0.3, 0.4) is 0 Å². The molecule has 0 unspecified atom stereocenters. The van der Waals surface area contributed by atoms with E-state index in [2.05, 4.69) is 9.88 Å². The summed E-state index contributed by atoms with van der Waals surface area (Å²) in [5, 5.41) is 0. The summed E-state index contributed by atoms with van der Waals surface area (Å²) in [4.78, 5) is 39.9. The van der Waals surface area contributed by atoms with Crippen LogP contribution >= 0.6 is 0 Å². The fourth-order valence-electron chi connectivity index (χ4n) is 5.86. The maximum atomic E-state index is 13.9. The van der Waals surface area contributed by atoms with E-state index in [4.69, 9.17) is 4.74 Å². The maximum absolute atomic E-state index is 13.9. The van der Waals surface area contributed by atoms with Gasteiger partial charge in [-0.1, -0.05) is 6.07 Å². The second-order valence-corrected chi connectivity index (χ2v) is 9.35. The average molecular weight is 428 g/mol. The molecular formula is C23H33N5O3. The minimum Gasteiger partial charge on any atom is -0.378 e. The Kier molecular flexibility index (Phi) is 5.73. The molecule has 4 fully saturated rings. The summed E-state index contributed by atoms with van der Waals surface area (Å²) in [6, 6.07) is 6.09. The van der Waals surface area contributed by atoms with Crippen LogP contribution in [0, 0.1) is 11.3 Å². The number of pyridine rings is 1. The van der Waals surface area contributed by atoms with Gasteiger partial charge in [-0.15, -0.1) is 0 Å². The molecule has 5 rings (SSSR count). The highest BCUT2D eigenvalue weighted by molar-refractivity contribution is 5.85. The van der Waals surface area contributed by atoms with E-state index in [9.17, 15) is 9.59 Å². The number of hydrogen-bond acceptors (Lipinski definition) is 5. The van der Waals surface area contributed by atoms with Crippen LogP contribution in [0.15, 0.2) is 24.4 Å². The SMILES string of the molecule is O=C(N1CCCC1)N1CCC[C@]2(C(=O)N3CCOCC3)CN(c3ccccn3)C[C@@H]2C1. The summed E-state index contributed by atoms with van der Waals surface area (Å²) < 4.78 is 5.49. The van der Waals surface area contributed by atoms with E-state index in [1.807, 2.05) is 39.1 Å². The number of ether oxygens (including phenoxy) is 1. The van der Waals surface area contributed by atoms with Crippen molar-refractivity contribution in [2.75, 3.05) is 70.5 Å². The van der Waals surface area contributed by atoms with Crippen molar-refractivity contribution in [1.82, 2.24) is 19.7 Å². The van der Waals surface area contributed by atoms with Crippen LogP contribution in [0.4, 0.5) is 10.6 Å². The van der Waals surface area contributed by atoms with E-state index in [0.29, 0.717) is 39.4 Å². The Labute approximate surface area is 184 Å². The molecule has 3 amide bonds. The van der Waals surface area contributed by atoms with E-state index < -0.39 is 5.41 Å². The van der Waals surface area contributed by atoms with Gasteiger partial charge in [0.1, 0.15) is 5.82 Å². The molecule has 1 aromatic rings. The molecule has 0 radical (unpaired) electrons. The lowest BCUT2D eigenvalue weighted by Crippen LogP contribution is -2.53. The number of amides is 3. The number of nitrogens with zero attached hydrogens (tertiary/aromatic N) is 5. The molecule has 0 bridgehead atoms. The highest BCUT2D eigenvalue weighted by Crippen LogP contribution is 2.45. The first kappa shape index (κ1) is 20.5. The number of fused-ring (bicyclic) bond motifs is 1. The van der Waals surface area contributed by atoms with Gasteiger partial charge in [0.25, 0.3) is 0 Å². The van der Waals surface area contributed by atoms with Crippen molar-refractivity contribution in [3.8, 4) is 0 Å². The number of aromatic nitrogens is 1. The minimum absolute atomic E-state index is 0.110. The van der Waals surface area contributed by atoms with Crippen LogP contribution in [0.25, 0.3) is 0 Å². The standard InChI is InChI=1S/C23H33N5O3/c29-21(25-12-14-31-15-13-25)23-7-5-11-27(22(30)26-9-3-4-10-26)16-19(23)17-28(18-23)20-6-1-2-8-24-20/h1-2,6,8,19H,3-5,7,9-18H2/t19-,23-/m0/s1. The van der Waals surface area contributed by atoms with Crippen LogP contribution in [-0.4, -0.2) is 97.2 Å². The van der Waals surface area contributed by atoms with Gasteiger partial charge in [0, 0.05) is 64.5 Å². The average Bonchev–Trinajstić information content (AvgIpc) is 3.45. The Bertz CT molecular complexity index is 794. The summed E-state index contributed by atoms with van der Waals surface area (Å²) in [7, 11) is 0. The third-order valence-corrected chi connectivity index (χ3v) is 7.53. The number of anilines is 1. The maximum Gasteiger partial charge on any atom is 0.320 e. The Morgan fingerprint density at radius 2 is 1.71 bits per heavy atom. The van der Waals surface area contributed by atoms with Crippen molar-refractivity contribution in [1.29, 1.82) is 0 Å².